The fourth-order valence-corrected chi connectivity index (χ4v) is 1.73. The van der Waals surface area contributed by atoms with Crippen LogP contribution in [-0.2, 0) is 9.53 Å². The van der Waals surface area contributed by atoms with Crippen LogP contribution in [0.1, 0.15) is 13.3 Å². The predicted molar refractivity (Wildman–Crippen MR) is 58.6 cm³/mol. The standard InChI is InChI=1S/C9H17BF3N2O2.K/c1-2-3-14-9(16)8-6-17-5-4-15(8)7-10(11,12)13;/h8H,2-7H2,1H3,(H,14,16);/q-1;+1. The number of nitrogens with zero attached hydrogens (tertiary/aromatic N) is 1. The predicted octanol–water partition coefficient (Wildman–Crippen LogP) is -2.40. The Kier molecular flexibility index (Phi) is 9.37. The molecular weight excluding hydrogens is 275 g/mol. The number of hydrogen-bond donors (Lipinski definition) is 1. The van der Waals surface area contributed by atoms with E-state index < -0.39 is 19.5 Å². The van der Waals surface area contributed by atoms with Crippen LogP contribution in [0.3, 0.4) is 0 Å². The molecule has 1 unspecified atom stereocenters. The van der Waals surface area contributed by atoms with Crippen LogP contribution in [0.5, 0.6) is 0 Å². The number of nitrogens with one attached hydrogen (secondary N) is 1. The minimum Gasteiger partial charge on any atom is -0.448 e. The van der Waals surface area contributed by atoms with E-state index in [1.165, 1.54) is 0 Å². The molecule has 4 nitrogen and oxygen atoms in total. The second-order valence-corrected chi connectivity index (χ2v) is 4.09. The van der Waals surface area contributed by atoms with E-state index in [0.717, 1.165) is 11.3 Å². The summed E-state index contributed by atoms with van der Waals surface area (Å²) in [7, 11) is 0. The largest absolute Gasteiger partial charge is 1.00 e. The van der Waals surface area contributed by atoms with Gasteiger partial charge in [0.1, 0.15) is 6.04 Å². The molecule has 0 radical (unpaired) electrons. The van der Waals surface area contributed by atoms with Crippen molar-refractivity contribution in [2.75, 3.05) is 32.7 Å². The van der Waals surface area contributed by atoms with E-state index in [1.807, 2.05) is 6.92 Å². The Labute approximate surface area is 147 Å². The monoisotopic (exact) mass is 292 g/mol. The van der Waals surface area contributed by atoms with Gasteiger partial charge in [0, 0.05) is 13.1 Å². The number of carbonyl (C=O) groups excluding carboxylic acids is 1. The Balaban J connectivity index is 0.00000289. The molecule has 1 saturated heterocycles. The van der Waals surface area contributed by atoms with E-state index >= 15 is 0 Å². The molecule has 0 aliphatic carbocycles. The summed E-state index contributed by atoms with van der Waals surface area (Å²) in [5.74, 6) is -0.383. The molecule has 1 atom stereocenters. The van der Waals surface area contributed by atoms with E-state index in [2.05, 4.69) is 5.32 Å². The number of carbonyl (C=O) groups is 1. The van der Waals surface area contributed by atoms with Gasteiger partial charge in [-0.2, -0.15) is 0 Å². The first kappa shape index (κ1) is 18.9. The molecular formula is C9H17BF3KN2O2. The summed E-state index contributed by atoms with van der Waals surface area (Å²) in [6.07, 6.45) is -0.254. The molecule has 100 valence electrons. The second-order valence-electron chi connectivity index (χ2n) is 4.09. The van der Waals surface area contributed by atoms with Crippen molar-refractivity contribution in [2.45, 2.75) is 19.4 Å². The summed E-state index contributed by atoms with van der Waals surface area (Å²) in [5.41, 5.74) is 0. The molecule has 0 bridgehead atoms. The van der Waals surface area contributed by atoms with Crippen LogP contribution >= 0.6 is 0 Å². The van der Waals surface area contributed by atoms with Crippen molar-refractivity contribution < 1.29 is 73.9 Å². The molecule has 1 heterocycles. The Morgan fingerprint density at radius 1 is 1.50 bits per heavy atom. The van der Waals surface area contributed by atoms with Crippen LogP contribution in [0, 0.1) is 0 Å². The molecule has 1 rings (SSSR count). The van der Waals surface area contributed by atoms with Crippen LogP contribution in [-0.4, -0.2) is 56.6 Å². The zero-order chi connectivity index (χ0) is 12.9. The Morgan fingerprint density at radius 3 is 2.72 bits per heavy atom. The third kappa shape index (κ3) is 6.88. The van der Waals surface area contributed by atoms with Crippen molar-refractivity contribution >= 4 is 12.9 Å². The van der Waals surface area contributed by atoms with E-state index in [4.69, 9.17) is 4.74 Å². The number of morpholine rings is 1. The van der Waals surface area contributed by atoms with Gasteiger partial charge >= 0.3 is 58.4 Å². The molecule has 0 saturated carbocycles. The topological polar surface area (TPSA) is 41.6 Å². The summed E-state index contributed by atoms with van der Waals surface area (Å²) >= 11 is 0. The van der Waals surface area contributed by atoms with Crippen LogP contribution in [0.25, 0.3) is 0 Å². The van der Waals surface area contributed by atoms with E-state index in [9.17, 15) is 17.7 Å². The van der Waals surface area contributed by atoms with Gasteiger partial charge in [-0.25, -0.2) is 0 Å². The summed E-state index contributed by atoms with van der Waals surface area (Å²) in [6, 6.07) is -0.821. The van der Waals surface area contributed by atoms with Crippen molar-refractivity contribution in [1.82, 2.24) is 10.2 Å². The van der Waals surface area contributed by atoms with E-state index in [0.29, 0.717) is 6.54 Å². The van der Waals surface area contributed by atoms with Gasteiger partial charge < -0.3 is 27.9 Å². The fourth-order valence-electron chi connectivity index (χ4n) is 1.73. The first-order valence-corrected chi connectivity index (χ1v) is 5.74. The zero-order valence-electron chi connectivity index (χ0n) is 10.8. The average Bonchev–Trinajstić information content (AvgIpc) is 2.24. The number of halogens is 3. The molecule has 9 heteroatoms. The molecule has 0 aromatic rings. The molecule has 1 fully saturated rings. The Hall–Kier alpha value is 0.881. The van der Waals surface area contributed by atoms with Crippen molar-refractivity contribution in [3.8, 4) is 0 Å². The summed E-state index contributed by atoms with van der Waals surface area (Å²) in [5, 5.41) is 2.60. The van der Waals surface area contributed by atoms with E-state index in [-0.39, 0.29) is 77.1 Å². The normalized spacial score (nSPS) is 21.2. The van der Waals surface area contributed by atoms with Crippen molar-refractivity contribution in [3.05, 3.63) is 0 Å². The van der Waals surface area contributed by atoms with Gasteiger partial charge in [0.15, 0.2) is 0 Å². The maximum atomic E-state index is 12.4. The average molecular weight is 292 g/mol. The third-order valence-electron chi connectivity index (χ3n) is 2.53. The van der Waals surface area contributed by atoms with Gasteiger partial charge in [0.05, 0.1) is 13.2 Å². The summed E-state index contributed by atoms with van der Waals surface area (Å²) in [4.78, 5) is 12.8. The van der Waals surface area contributed by atoms with Crippen LogP contribution in [0.15, 0.2) is 0 Å². The Morgan fingerprint density at radius 2 is 2.17 bits per heavy atom. The number of amides is 1. The first-order valence-electron chi connectivity index (χ1n) is 5.74. The maximum Gasteiger partial charge on any atom is 1.00 e. The molecule has 1 amide bonds. The van der Waals surface area contributed by atoms with E-state index in [1.54, 1.807) is 0 Å². The maximum absolute atomic E-state index is 12.4. The summed E-state index contributed by atoms with van der Waals surface area (Å²) < 4.78 is 42.2. The third-order valence-corrected chi connectivity index (χ3v) is 2.53. The van der Waals surface area contributed by atoms with Gasteiger partial charge in [-0.05, 0) is 12.9 Å². The second kappa shape index (κ2) is 8.94. The number of hydrogen-bond acceptors (Lipinski definition) is 3. The van der Waals surface area contributed by atoms with Crippen molar-refractivity contribution in [2.24, 2.45) is 0 Å². The SMILES string of the molecule is CCCNC(=O)C1COCCN1C[B-](F)(F)F.[K+]. The van der Waals surface area contributed by atoms with Crippen LogP contribution in [0.4, 0.5) is 12.9 Å². The number of ether oxygens (including phenoxy) is 1. The van der Waals surface area contributed by atoms with Gasteiger partial charge in [-0.15, -0.1) is 0 Å². The molecule has 18 heavy (non-hydrogen) atoms. The molecule has 1 aliphatic rings. The minimum atomic E-state index is -4.91. The minimum absolute atomic E-state index is 0. The van der Waals surface area contributed by atoms with Gasteiger partial charge in [0.25, 0.3) is 0 Å². The van der Waals surface area contributed by atoms with Crippen molar-refractivity contribution in [3.63, 3.8) is 0 Å². The summed E-state index contributed by atoms with van der Waals surface area (Å²) in [6.45, 7) is -2.14. The van der Waals surface area contributed by atoms with Gasteiger partial charge in [0.2, 0.25) is 5.91 Å². The quantitative estimate of drug-likeness (QED) is 0.575. The molecule has 0 aromatic heterocycles. The molecule has 1 aliphatic heterocycles. The first-order chi connectivity index (χ1) is 7.94. The van der Waals surface area contributed by atoms with Crippen molar-refractivity contribution in [1.29, 1.82) is 0 Å². The molecule has 0 aromatic carbocycles. The molecule has 1 N–H and O–H groups in total. The van der Waals surface area contributed by atoms with Crippen LogP contribution < -0.4 is 56.7 Å². The fraction of sp³-hybridized carbons (Fsp3) is 0.889. The smallest absolute Gasteiger partial charge is 0.448 e. The molecule has 0 spiro atoms. The zero-order valence-corrected chi connectivity index (χ0v) is 13.9. The number of rotatable bonds is 5. The van der Waals surface area contributed by atoms with Gasteiger partial charge in [-0.3, -0.25) is 4.79 Å². The van der Waals surface area contributed by atoms with Gasteiger partial charge in [-0.1, -0.05) is 6.92 Å². The Bertz CT molecular complexity index is 269. The van der Waals surface area contributed by atoms with Crippen LogP contribution in [0.2, 0.25) is 0 Å².